The van der Waals surface area contributed by atoms with Crippen molar-refractivity contribution >= 4 is 32.4 Å². The lowest BCUT2D eigenvalue weighted by Crippen LogP contribution is -2.35. The number of sulfonamides is 1. The highest BCUT2D eigenvalue weighted by molar-refractivity contribution is 7.89. The number of thiazole rings is 1. The van der Waals surface area contributed by atoms with Crippen LogP contribution in [-0.4, -0.2) is 37.3 Å². The van der Waals surface area contributed by atoms with Gasteiger partial charge in [0, 0.05) is 17.8 Å². The molecular weight excluding hydrogens is 414 g/mol. The van der Waals surface area contributed by atoms with Crippen LogP contribution in [0.5, 0.6) is 5.75 Å². The molecule has 3 aromatic rings. The number of anilines is 1. The Kier molecular flexibility index (Phi) is 5.15. The number of furan rings is 1. The van der Waals surface area contributed by atoms with Gasteiger partial charge < -0.3 is 9.15 Å². The summed E-state index contributed by atoms with van der Waals surface area (Å²) in [7, 11) is -2.09. The zero-order valence-electron chi connectivity index (χ0n) is 15.8. The van der Waals surface area contributed by atoms with Crippen molar-refractivity contribution in [2.45, 2.75) is 24.8 Å². The van der Waals surface area contributed by atoms with Gasteiger partial charge in [-0.1, -0.05) is 0 Å². The fraction of sp³-hybridized carbons (Fsp3) is 0.263. The Hall–Kier alpha value is -2.69. The number of fused-ring (bicyclic) bond motifs is 1. The summed E-state index contributed by atoms with van der Waals surface area (Å²) in [6.45, 7) is 2.37. The maximum atomic E-state index is 13.1. The first-order valence-corrected chi connectivity index (χ1v) is 11.1. The second-order valence-corrected chi connectivity index (χ2v) is 9.60. The number of nitrogens with one attached hydrogen (secondary N) is 1. The van der Waals surface area contributed by atoms with E-state index in [0.29, 0.717) is 29.4 Å². The molecule has 0 bridgehead atoms. The van der Waals surface area contributed by atoms with Gasteiger partial charge in [0.15, 0.2) is 5.13 Å². The van der Waals surface area contributed by atoms with E-state index in [0.717, 1.165) is 16.1 Å². The van der Waals surface area contributed by atoms with Crippen LogP contribution in [0.1, 0.15) is 26.5 Å². The lowest BCUT2D eigenvalue weighted by Gasteiger charge is -2.25. The number of rotatable bonds is 5. The number of nitrogens with zero attached hydrogens (tertiary/aromatic N) is 2. The van der Waals surface area contributed by atoms with Crippen molar-refractivity contribution in [3.63, 3.8) is 0 Å². The van der Waals surface area contributed by atoms with E-state index in [2.05, 4.69) is 10.3 Å². The van der Waals surface area contributed by atoms with E-state index < -0.39 is 10.0 Å². The molecule has 0 saturated carbocycles. The molecule has 1 amide bonds. The summed E-state index contributed by atoms with van der Waals surface area (Å²) in [5, 5.41) is 3.18. The topological polar surface area (TPSA) is 102 Å². The quantitative estimate of drug-likeness (QED) is 0.664. The Balaban J connectivity index is 1.53. The molecule has 0 atom stereocenters. The molecular formula is C19H19N3O5S2. The highest BCUT2D eigenvalue weighted by atomic mass is 32.2. The number of carbonyl (C=O) groups excluding carboxylic acids is 1. The summed E-state index contributed by atoms with van der Waals surface area (Å²) in [6.07, 6.45) is 3.27. The van der Waals surface area contributed by atoms with Crippen molar-refractivity contribution in [1.82, 2.24) is 9.29 Å². The molecule has 4 rings (SSSR count). The van der Waals surface area contributed by atoms with Crippen molar-refractivity contribution in [2.24, 2.45) is 0 Å². The van der Waals surface area contributed by atoms with Gasteiger partial charge in [-0.05, 0) is 36.8 Å². The molecule has 1 aliphatic rings. The average molecular weight is 434 g/mol. The second kappa shape index (κ2) is 7.62. The zero-order valence-corrected chi connectivity index (χ0v) is 17.5. The Labute approximate surface area is 172 Å². The molecule has 29 heavy (non-hydrogen) atoms. The lowest BCUT2D eigenvalue weighted by atomic mass is 10.2. The van der Waals surface area contributed by atoms with Crippen molar-refractivity contribution in [2.75, 3.05) is 19.0 Å². The van der Waals surface area contributed by atoms with Crippen LogP contribution in [0.15, 0.2) is 46.1 Å². The SMILES string of the molecule is COc1ccc(S(=O)(=O)N2CCc3nc(NC(=O)c4ccoc4)sc3C2)cc1C. The number of methoxy groups -OCH3 is 1. The number of aryl methyl sites for hydroxylation is 1. The predicted octanol–water partition coefficient (Wildman–Crippen LogP) is 3.05. The van der Waals surface area contributed by atoms with Crippen LogP contribution >= 0.6 is 11.3 Å². The highest BCUT2D eigenvalue weighted by Gasteiger charge is 2.31. The summed E-state index contributed by atoms with van der Waals surface area (Å²) < 4.78 is 37.7. The number of ether oxygens (including phenoxy) is 1. The molecule has 0 radical (unpaired) electrons. The van der Waals surface area contributed by atoms with Gasteiger partial charge in [0.05, 0.1) is 36.1 Å². The molecule has 0 fully saturated rings. The summed E-state index contributed by atoms with van der Waals surface area (Å²) >= 11 is 1.29. The van der Waals surface area contributed by atoms with E-state index >= 15 is 0 Å². The molecule has 1 N–H and O–H groups in total. The van der Waals surface area contributed by atoms with Gasteiger partial charge in [0.2, 0.25) is 10.0 Å². The summed E-state index contributed by atoms with van der Waals surface area (Å²) in [4.78, 5) is 17.7. The van der Waals surface area contributed by atoms with Crippen LogP contribution in [0.2, 0.25) is 0 Å². The van der Waals surface area contributed by atoms with Gasteiger partial charge in [-0.2, -0.15) is 4.31 Å². The fourth-order valence-electron chi connectivity index (χ4n) is 3.15. The number of benzene rings is 1. The largest absolute Gasteiger partial charge is 0.496 e. The number of amides is 1. The number of hydrogen-bond acceptors (Lipinski definition) is 7. The van der Waals surface area contributed by atoms with Crippen molar-refractivity contribution in [1.29, 1.82) is 0 Å². The van der Waals surface area contributed by atoms with Gasteiger partial charge in [-0.15, -0.1) is 11.3 Å². The molecule has 1 aliphatic heterocycles. The fourth-order valence-corrected chi connectivity index (χ4v) is 5.75. The minimum Gasteiger partial charge on any atom is -0.496 e. The van der Waals surface area contributed by atoms with E-state index in [4.69, 9.17) is 9.15 Å². The van der Waals surface area contributed by atoms with E-state index in [1.807, 2.05) is 6.92 Å². The van der Waals surface area contributed by atoms with E-state index in [9.17, 15) is 13.2 Å². The van der Waals surface area contributed by atoms with E-state index in [-0.39, 0.29) is 17.3 Å². The van der Waals surface area contributed by atoms with Crippen LogP contribution in [0.25, 0.3) is 0 Å². The predicted molar refractivity (Wildman–Crippen MR) is 108 cm³/mol. The Morgan fingerprint density at radius 3 is 2.86 bits per heavy atom. The van der Waals surface area contributed by atoms with Crippen LogP contribution in [0.4, 0.5) is 5.13 Å². The Morgan fingerprint density at radius 1 is 1.34 bits per heavy atom. The molecule has 0 spiro atoms. The lowest BCUT2D eigenvalue weighted by molar-refractivity contribution is 0.102. The molecule has 0 saturated heterocycles. The third-order valence-electron chi connectivity index (χ3n) is 4.70. The summed E-state index contributed by atoms with van der Waals surface area (Å²) in [6, 6.07) is 6.40. The standard InChI is InChI=1S/C19H19N3O5S2/c1-12-9-14(3-4-16(12)26-2)29(24,25)22-7-5-15-17(10-22)28-19(20-15)21-18(23)13-6-8-27-11-13/h3-4,6,8-9,11H,5,7,10H2,1-2H3,(H,20,21,23). The Bertz CT molecular complexity index is 1150. The monoisotopic (exact) mass is 433 g/mol. The number of carbonyl (C=O) groups is 1. The second-order valence-electron chi connectivity index (χ2n) is 6.58. The average Bonchev–Trinajstić information content (AvgIpc) is 3.36. The molecule has 0 aliphatic carbocycles. The molecule has 10 heteroatoms. The van der Waals surface area contributed by atoms with Gasteiger partial charge in [-0.25, -0.2) is 13.4 Å². The first kappa shape index (κ1) is 19.6. The third kappa shape index (κ3) is 3.78. The van der Waals surface area contributed by atoms with Crippen LogP contribution in [0.3, 0.4) is 0 Å². The summed E-state index contributed by atoms with van der Waals surface area (Å²) in [5.41, 5.74) is 1.97. The third-order valence-corrected chi connectivity index (χ3v) is 7.54. The van der Waals surface area contributed by atoms with E-state index in [1.54, 1.807) is 31.4 Å². The minimum atomic E-state index is -3.64. The van der Waals surface area contributed by atoms with Crippen molar-refractivity contribution in [3.8, 4) is 5.75 Å². The zero-order chi connectivity index (χ0) is 20.6. The normalized spacial score (nSPS) is 14.4. The van der Waals surface area contributed by atoms with Crippen LogP contribution in [-0.2, 0) is 23.0 Å². The van der Waals surface area contributed by atoms with Crippen LogP contribution < -0.4 is 10.1 Å². The van der Waals surface area contributed by atoms with E-state index in [1.165, 1.54) is 28.2 Å². The molecule has 3 heterocycles. The van der Waals surface area contributed by atoms with Crippen LogP contribution in [0, 0.1) is 6.92 Å². The van der Waals surface area contributed by atoms with Crippen molar-refractivity contribution in [3.05, 3.63) is 58.5 Å². The first-order valence-electron chi connectivity index (χ1n) is 8.85. The summed E-state index contributed by atoms with van der Waals surface area (Å²) in [5.74, 6) is 0.327. The first-order chi connectivity index (χ1) is 13.9. The maximum Gasteiger partial charge on any atom is 0.260 e. The highest BCUT2D eigenvalue weighted by Crippen LogP contribution is 2.32. The number of hydrogen-bond donors (Lipinski definition) is 1. The molecule has 0 unspecified atom stereocenters. The smallest absolute Gasteiger partial charge is 0.260 e. The molecule has 2 aromatic heterocycles. The Morgan fingerprint density at radius 2 is 2.17 bits per heavy atom. The van der Waals surface area contributed by atoms with Crippen molar-refractivity contribution < 1.29 is 22.4 Å². The van der Waals surface area contributed by atoms with Gasteiger partial charge in [-0.3, -0.25) is 10.1 Å². The van der Waals surface area contributed by atoms with Gasteiger partial charge in [0.25, 0.3) is 5.91 Å². The van der Waals surface area contributed by atoms with Gasteiger partial charge in [0.1, 0.15) is 12.0 Å². The minimum absolute atomic E-state index is 0.224. The maximum absolute atomic E-state index is 13.1. The van der Waals surface area contributed by atoms with Gasteiger partial charge >= 0.3 is 0 Å². The molecule has 1 aromatic carbocycles. The molecule has 152 valence electrons. The molecule has 8 nitrogen and oxygen atoms in total. The number of aromatic nitrogens is 1.